The molecular weight excluding hydrogens is 461 g/mol. The number of sulfonamides is 1. The fourth-order valence-electron chi connectivity index (χ4n) is 3.17. The average Bonchev–Trinajstić information content (AvgIpc) is 2.95. The summed E-state index contributed by atoms with van der Waals surface area (Å²) in [6.07, 6.45) is 0.229. The normalized spacial score (nSPS) is 12.4. The summed E-state index contributed by atoms with van der Waals surface area (Å²) in [6.45, 7) is 5.41. The Balaban J connectivity index is 0.00000341. The van der Waals surface area contributed by atoms with E-state index >= 15 is 0 Å². The minimum Gasteiger partial charge on any atom is -0.492 e. The van der Waals surface area contributed by atoms with Gasteiger partial charge < -0.3 is 20.1 Å². The van der Waals surface area contributed by atoms with Crippen molar-refractivity contribution < 1.29 is 18.3 Å². The van der Waals surface area contributed by atoms with Crippen LogP contribution in [0.2, 0.25) is 5.02 Å². The number of halogens is 2. The molecule has 2 aromatic carbocycles. The number of aromatic amines is 1. The lowest BCUT2D eigenvalue weighted by Crippen LogP contribution is -2.26. The molecule has 0 aliphatic rings. The summed E-state index contributed by atoms with van der Waals surface area (Å²) >= 11 is 6.01. The highest BCUT2D eigenvalue weighted by molar-refractivity contribution is 7.92. The number of nitrogens with one attached hydrogen (secondary N) is 3. The molecular formula is C21H27Cl2N3O4S. The lowest BCUT2D eigenvalue weighted by molar-refractivity contribution is 0.172. The first-order chi connectivity index (χ1) is 14.1. The van der Waals surface area contributed by atoms with Gasteiger partial charge in [-0.05, 0) is 49.2 Å². The molecule has 1 atom stereocenters. The summed E-state index contributed by atoms with van der Waals surface area (Å²) in [6, 6.07) is 10.7. The summed E-state index contributed by atoms with van der Waals surface area (Å²) in [5.74, 6) is 0.778. The van der Waals surface area contributed by atoms with Crippen LogP contribution in [0.3, 0.4) is 0 Å². The zero-order chi connectivity index (χ0) is 21.9. The fraction of sp³-hybridized carbons (Fsp3) is 0.333. The molecule has 0 aliphatic carbocycles. The summed E-state index contributed by atoms with van der Waals surface area (Å²) < 4.78 is 31.0. The van der Waals surface area contributed by atoms with E-state index in [4.69, 9.17) is 16.3 Å². The highest BCUT2D eigenvalue weighted by Crippen LogP contribution is 2.27. The van der Waals surface area contributed by atoms with Crippen LogP contribution in [-0.4, -0.2) is 44.5 Å². The van der Waals surface area contributed by atoms with Crippen molar-refractivity contribution in [1.29, 1.82) is 0 Å². The minimum absolute atomic E-state index is 0. The topological polar surface area (TPSA) is 103 Å². The molecule has 0 fully saturated rings. The molecule has 3 aromatic rings. The van der Waals surface area contributed by atoms with Gasteiger partial charge in [0, 0.05) is 35.8 Å². The predicted molar refractivity (Wildman–Crippen MR) is 128 cm³/mol. The van der Waals surface area contributed by atoms with Crippen LogP contribution in [0.25, 0.3) is 10.9 Å². The van der Waals surface area contributed by atoms with Crippen LogP contribution < -0.4 is 14.8 Å². The van der Waals surface area contributed by atoms with Gasteiger partial charge in [-0.1, -0.05) is 17.7 Å². The molecule has 31 heavy (non-hydrogen) atoms. The molecule has 0 saturated heterocycles. The average molecular weight is 488 g/mol. The number of anilines is 1. The van der Waals surface area contributed by atoms with E-state index in [0.29, 0.717) is 18.7 Å². The molecule has 0 aliphatic heterocycles. The Bertz CT molecular complexity index is 1150. The van der Waals surface area contributed by atoms with Gasteiger partial charge in [0.05, 0.1) is 23.1 Å². The molecule has 1 aromatic heterocycles. The Labute approximate surface area is 193 Å². The maximum atomic E-state index is 11.4. The lowest BCUT2D eigenvalue weighted by atomic mass is 10.1. The Morgan fingerprint density at radius 1 is 1.19 bits per heavy atom. The van der Waals surface area contributed by atoms with Crippen LogP contribution in [0.4, 0.5) is 5.69 Å². The summed E-state index contributed by atoms with van der Waals surface area (Å²) in [4.78, 5) is 3.34. The zero-order valence-electron chi connectivity index (χ0n) is 17.5. The summed E-state index contributed by atoms with van der Waals surface area (Å²) in [5.41, 5.74) is 4.23. The number of aliphatic hydroxyl groups excluding tert-OH is 1. The lowest BCUT2D eigenvalue weighted by Gasteiger charge is -2.15. The van der Waals surface area contributed by atoms with E-state index in [2.05, 4.69) is 21.9 Å². The van der Waals surface area contributed by atoms with E-state index in [1.165, 1.54) is 17.0 Å². The Kier molecular flexibility index (Phi) is 8.62. The standard InChI is InChI=1S/C21H26ClN3O4S.ClH/c1-13-14(2)24-19-11-16(5-6-17(13)19)29-9-8-23-12-21(26)15-4-7-18(22)20(10-15)25-30(3,27)28;/h4-7,10-11,21,23-26H,8-9,12H2,1-3H3;1H/t21-;/m0./s1. The van der Waals surface area contributed by atoms with Crippen molar-refractivity contribution in [3.63, 3.8) is 0 Å². The van der Waals surface area contributed by atoms with E-state index in [1.807, 2.05) is 25.1 Å². The SMILES string of the molecule is Cc1[nH]c2cc(OCCNC[C@H](O)c3ccc(Cl)c(NS(C)(=O)=O)c3)ccc2c1C.Cl. The Hall–Kier alpha value is -1.97. The first-order valence-corrected chi connectivity index (χ1v) is 11.8. The van der Waals surface area contributed by atoms with Gasteiger partial charge in [-0.25, -0.2) is 8.42 Å². The molecule has 170 valence electrons. The van der Waals surface area contributed by atoms with Gasteiger partial charge in [0.1, 0.15) is 12.4 Å². The van der Waals surface area contributed by atoms with E-state index in [0.717, 1.165) is 23.2 Å². The van der Waals surface area contributed by atoms with Crippen molar-refractivity contribution >= 4 is 50.6 Å². The van der Waals surface area contributed by atoms with Crippen molar-refractivity contribution in [2.24, 2.45) is 0 Å². The quantitative estimate of drug-likeness (QED) is 0.342. The van der Waals surface area contributed by atoms with Crippen LogP contribution in [0.1, 0.15) is 22.9 Å². The van der Waals surface area contributed by atoms with Crippen molar-refractivity contribution in [3.05, 3.63) is 58.2 Å². The third-order valence-electron chi connectivity index (χ3n) is 4.84. The van der Waals surface area contributed by atoms with Crippen molar-refractivity contribution in [2.45, 2.75) is 20.0 Å². The molecule has 0 bridgehead atoms. The van der Waals surface area contributed by atoms with Crippen LogP contribution in [-0.2, 0) is 10.0 Å². The number of benzene rings is 2. The van der Waals surface area contributed by atoms with E-state index in [-0.39, 0.29) is 29.7 Å². The Morgan fingerprint density at radius 2 is 1.94 bits per heavy atom. The van der Waals surface area contributed by atoms with Gasteiger partial charge in [0.2, 0.25) is 10.0 Å². The second kappa shape index (κ2) is 10.6. The summed E-state index contributed by atoms with van der Waals surface area (Å²) in [7, 11) is -3.46. The smallest absolute Gasteiger partial charge is 0.229 e. The number of ether oxygens (including phenoxy) is 1. The maximum absolute atomic E-state index is 11.4. The molecule has 7 nitrogen and oxygen atoms in total. The van der Waals surface area contributed by atoms with Crippen LogP contribution in [0.15, 0.2) is 36.4 Å². The van der Waals surface area contributed by atoms with Gasteiger partial charge >= 0.3 is 0 Å². The van der Waals surface area contributed by atoms with Crippen LogP contribution >= 0.6 is 24.0 Å². The van der Waals surface area contributed by atoms with Gasteiger partial charge in [0.25, 0.3) is 0 Å². The maximum Gasteiger partial charge on any atom is 0.229 e. The number of H-pyrrole nitrogens is 1. The first-order valence-electron chi connectivity index (χ1n) is 9.52. The van der Waals surface area contributed by atoms with Gasteiger partial charge in [0.15, 0.2) is 0 Å². The van der Waals surface area contributed by atoms with E-state index in [9.17, 15) is 13.5 Å². The second-order valence-electron chi connectivity index (χ2n) is 7.26. The second-order valence-corrected chi connectivity index (χ2v) is 9.42. The highest BCUT2D eigenvalue weighted by atomic mass is 35.5. The van der Waals surface area contributed by atoms with Crippen molar-refractivity contribution in [1.82, 2.24) is 10.3 Å². The number of rotatable bonds is 9. The number of fused-ring (bicyclic) bond motifs is 1. The number of aryl methyl sites for hydroxylation is 2. The Morgan fingerprint density at radius 3 is 2.65 bits per heavy atom. The highest BCUT2D eigenvalue weighted by Gasteiger charge is 2.12. The van der Waals surface area contributed by atoms with Gasteiger partial charge in [-0.2, -0.15) is 0 Å². The predicted octanol–water partition coefficient (Wildman–Crippen LogP) is 3.93. The zero-order valence-corrected chi connectivity index (χ0v) is 19.9. The third-order valence-corrected chi connectivity index (χ3v) is 5.76. The van der Waals surface area contributed by atoms with E-state index in [1.54, 1.807) is 12.1 Å². The first kappa shape index (κ1) is 25.3. The molecule has 0 radical (unpaired) electrons. The number of aromatic nitrogens is 1. The largest absolute Gasteiger partial charge is 0.492 e. The number of hydrogen-bond acceptors (Lipinski definition) is 5. The molecule has 4 N–H and O–H groups in total. The van der Waals surface area contributed by atoms with Gasteiger partial charge in [-0.15, -0.1) is 12.4 Å². The van der Waals surface area contributed by atoms with Crippen molar-refractivity contribution in [2.75, 3.05) is 30.7 Å². The molecule has 1 heterocycles. The third kappa shape index (κ3) is 6.75. The van der Waals surface area contributed by atoms with Crippen molar-refractivity contribution in [3.8, 4) is 5.75 Å². The molecule has 0 saturated carbocycles. The van der Waals surface area contributed by atoms with E-state index < -0.39 is 16.1 Å². The molecule has 10 heteroatoms. The summed E-state index contributed by atoms with van der Waals surface area (Å²) in [5, 5.41) is 15.0. The molecule has 3 rings (SSSR count). The molecule has 0 amide bonds. The molecule has 0 spiro atoms. The monoisotopic (exact) mass is 487 g/mol. The number of hydrogen-bond donors (Lipinski definition) is 4. The fourth-order valence-corrected chi connectivity index (χ4v) is 3.96. The molecule has 0 unspecified atom stereocenters. The van der Waals surface area contributed by atoms with Crippen LogP contribution in [0, 0.1) is 13.8 Å². The van der Waals surface area contributed by atoms with Crippen LogP contribution in [0.5, 0.6) is 5.75 Å². The number of aliphatic hydroxyl groups is 1. The minimum atomic E-state index is -3.46. The van der Waals surface area contributed by atoms with Gasteiger partial charge in [-0.3, -0.25) is 4.72 Å².